The third-order valence-electron chi connectivity index (χ3n) is 3.71. The molecule has 0 unspecified atom stereocenters. The SMILES string of the molecule is C=CCNS(=O)(=O)c1cccc(C(=O)Nc2cccc3cccnc23)c1. The third kappa shape index (κ3) is 3.79. The van der Waals surface area contributed by atoms with Crippen molar-refractivity contribution >= 4 is 32.5 Å². The third-order valence-corrected chi connectivity index (χ3v) is 5.13. The Balaban J connectivity index is 1.89. The Bertz CT molecular complexity index is 1070. The van der Waals surface area contributed by atoms with E-state index in [1.165, 1.54) is 24.3 Å². The van der Waals surface area contributed by atoms with E-state index in [-0.39, 0.29) is 17.0 Å². The molecule has 2 aromatic carbocycles. The highest BCUT2D eigenvalue weighted by Gasteiger charge is 2.16. The van der Waals surface area contributed by atoms with E-state index in [0.717, 1.165) is 5.39 Å². The molecule has 1 amide bonds. The molecule has 0 radical (unpaired) electrons. The van der Waals surface area contributed by atoms with Gasteiger partial charge in [-0.05, 0) is 30.3 Å². The number of hydrogen-bond acceptors (Lipinski definition) is 4. The molecular weight excluding hydrogens is 350 g/mol. The molecule has 0 bridgehead atoms. The molecule has 0 aliphatic carbocycles. The van der Waals surface area contributed by atoms with Crippen molar-refractivity contribution in [2.45, 2.75) is 4.90 Å². The van der Waals surface area contributed by atoms with Gasteiger partial charge in [0.05, 0.1) is 16.1 Å². The van der Waals surface area contributed by atoms with E-state index in [2.05, 4.69) is 21.6 Å². The van der Waals surface area contributed by atoms with Crippen LogP contribution in [0.25, 0.3) is 10.9 Å². The van der Waals surface area contributed by atoms with E-state index in [0.29, 0.717) is 11.2 Å². The molecule has 132 valence electrons. The van der Waals surface area contributed by atoms with Crippen molar-refractivity contribution in [2.24, 2.45) is 0 Å². The Morgan fingerprint density at radius 1 is 1.12 bits per heavy atom. The van der Waals surface area contributed by atoms with Crippen molar-refractivity contribution < 1.29 is 13.2 Å². The van der Waals surface area contributed by atoms with Gasteiger partial charge in [0.2, 0.25) is 10.0 Å². The molecule has 3 rings (SSSR count). The maximum Gasteiger partial charge on any atom is 0.255 e. The molecule has 1 aromatic heterocycles. The normalized spacial score (nSPS) is 11.2. The molecule has 0 aliphatic heterocycles. The molecule has 2 N–H and O–H groups in total. The molecule has 26 heavy (non-hydrogen) atoms. The molecule has 0 atom stereocenters. The fraction of sp³-hybridized carbons (Fsp3) is 0.0526. The molecule has 7 heteroatoms. The van der Waals surface area contributed by atoms with Crippen LogP contribution >= 0.6 is 0 Å². The van der Waals surface area contributed by atoms with Gasteiger partial charge in [0.15, 0.2) is 0 Å². The highest BCUT2D eigenvalue weighted by atomic mass is 32.2. The summed E-state index contributed by atoms with van der Waals surface area (Å²) in [5, 5.41) is 3.69. The van der Waals surface area contributed by atoms with Crippen LogP contribution < -0.4 is 10.0 Å². The molecule has 0 saturated carbocycles. The molecule has 1 heterocycles. The summed E-state index contributed by atoms with van der Waals surface area (Å²) in [5.41, 5.74) is 1.46. The number of nitrogens with zero attached hydrogens (tertiary/aromatic N) is 1. The number of carbonyl (C=O) groups excluding carboxylic acids is 1. The van der Waals surface area contributed by atoms with E-state index in [1.807, 2.05) is 24.3 Å². The lowest BCUT2D eigenvalue weighted by molar-refractivity contribution is 0.102. The number of hydrogen-bond donors (Lipinski definition) is 2. The minimum Gasteiger partial charge on any atom is -0.320 e. The molecule has 0 saturated heterocycles. The molecule has 0 spiro atoms. The van der Waals surface area contributed by atoms with E-state index < -0.39 is 15.9 Å². The number of benzene rings is 2. The van der Waals surface area contributed by atoms with Crippen molar-refractivity contribution in [3.63, 3.8) is 0 Å². The summed E-state index contributed by atoms with van der Waals surface area (Å²) >= 11 is 0. The molecular formula is C19H17N3O3S. The van der Waals surface area contributed by atoms with E-state index in [9.17, 15) is 13.2 Å². The van der Waals surface area contributed by atoms with Crippen molar-refractivity contribution in [2.75, 3.05) is 11.9 Å². The zero-order valence-corrected chi connectivity index (χ0v) is 14.7. The number of carbonyl (C=O) groups is 1. The zero-order chi connectivity index (χ0) is 18.6. The average Bonchev–Trinajstić information content (AvgIpc) is 2.67. The summed E-state index contributed by atoms with van der Waals surface area (Å²) in [6.07, 6.45) is 3.10. The standard InChI is InChI=1S/C19H17N3O3S/c1-2-11-21-26(24,25)16-9-3-7-15(13-16)19(23)22-17-10-4-6-14-8-5-12-20-18(14)17/h2-10,12-13,21H,1,11H2,(H,22,23). The van der Waals surface area contributed by atoms with Gasteiger partial charge < -0.3 is 5.32 Å². The summed E-state index contributed by atoms with van der Waals surface area (Å²) in [6.45, 7) is 3.59. The minimum atomic E-state index is -3.70. The quantitative estimate of drug-likeness (QED) is 0.656. The number of fused-ring (bicyclic) bond motifs is 1. The fourth-order valence-corrected chi connectivity index (χ4v) is 3.50. The second-order valence-electron chi connectivity index (χ2n) is 5.50. The van der Waals surface area contributed by atoms with Gasteiger partial charge in [0, 0.05) is 23.7 Å². The summed E-state index contributed by atoms with van der Waals surface area (Å²) in [7, 11) is -3.70. The van der Waals surface area contributed by atoms with Crippen LogP contribution in [0.2, 0.25) is 0 Å². The summed E-state index contributed by atoms with van der Waals surface area (Å²) < 4.78 is 26.8. The van der Waals surface area contributed by atoms with Crippen LogP contribution in [0.3, 0.4) is 0 Å². The predicted molar refractivity (Wildman–Crippen MR) is 102 cm³/mol. The number of aromatic nitrogens is 1. The number of pyridine rings is 1. The Kier molecular flexibility index (Phi) is 5.11. The first-order valence-electron chi connectivity index (χ1n) is 7.87. The molecule has 3 aromatic rings. The largest absolute Gasteiger partial charge is 0.320 e. The lowest BCUT2D eigenvalue weighted by Gasteiger charge is -2.09. The number of amides is 1. The van der Waals surface area contributed by atoms with Crippen LogP contribution in [-0.4, -0.2) is 25.9 Å². The first-order valence-corrected chi connectivity index (χ1v) is 9.35. The number of nitrogens with one attached hydrogen (secondary N) is 2. The van der Waals surface area contributed by atoms with Gasteiger partial charge >= 0.3 is 0 Å². The van der Waals surface area contributed by atoms with Gasteiger partial charge in [-0.25, -0.2) is 13.1 Å². The van der Waals surface area contributed by atoms with Crippen molar-refractivity contribution in [3.8, 4) is 0 Å². The first kappa shape index (κ1) is 17.8. The fourth-order valence-electron chi connectivity index (χ4n) is 2.46. The van der Waals surface area contributed by atoms with Gasteiger partial charge in [-0.2, -0.15) is 0 Å². The first-order chi connectivity index (χ1) is 12.5. The smallest absolute Gasteiger partial charge is 0.255 e. The van der Waals surface area contributed by atoms with Crippen LogP contribution in [0.4, 0.5) is 5.69 Å². The topological polar surface area (TPSA) is 88.2 Å². The maximum absolute atomic E-state index is 12.6. The van der Waals surface area contributed by atoms with Crippen LogP contribution in [0, 0.1) is 0 Å². The molecule has 6 nitrogen and oxygen atoms in total. The Labute approximate surface area is 151 Å². The maximum atomic E-state index is 12.6. The molecule has 0 aliphatic rings. The second-order valence-corrected chi connectivity index (χ2v) is 7.27. The van der Waals surface area contributed by atoms with Crippen molar-refractivity contribution in [1.82, 2.24) is 9.71 Å². The van der Waals surface area contributed by atoms with Crippen LogP contribution in [0.15, 0.2) is 78.3 Å². The lowest BCUT2D eigenvalue weighted by Crippen LogP contribution is -2.24. The van der Waals surface area contributed by atoms with Crippen LogP contribution in [0.1, 0.15) is 10.4 Å². The van der Waals surface area contributed by atoms with Crippen molar-refractivity contribution in [1.29, 1.82) is 0 Å². The zero-order valence-electron chi connectivity index (χ0n) is 13.8. The van der Waals surface area contributed by atoms with E-state index >= 15 is 0 Å². The van der Waals surface area contributed by atoms with Gasteiger partial charge in [-0.15, -0.1) is 6.58 Å². The Hall–Kier alpha value is -3.03. The predicted octanol–water partition coefficient (Wildman–Crippen LogP) is 2.95. The monoisotopic (exact) mass is 367 g/mol. The van der Waals surface area contributed by atoms with Gasteiger partial charge in [0.25, 0.3) is 5.91 Å². The Morgan fingerprint density at radius 2 is 1.88 bits per heavy atom. The van der Waals surface area contributed by atoms with Crippen LogP contribution in [-0.2, 0) is 10.0 Å². The van der Waals surface area contributed by atoms with Gasteiger partial charge in [-0.3, -0.25) is 9.78 Å². The Morgan fingerprint density at radius 3 is 2.69 bits per heavy atom. The summed E-state index contributed by atoms with van der Waals surface area (Å²) in [6, 6.07) is 15.0. The van der Waals surface area contributed by atoms with E-state index in [4.69, 9.17) is 0 Å². The highest BCUT2D eigenvalue weighted by Crippen LogP contribution is 2.21. The summed E-state index contributed by atoms with van der Waals surface area (Å²) in [4.78, 5) is 16.9. The number of anilines is 1. The van der Waals surface area contributed by atoms with Gasteiger partial charge in [-0.1, -0.05) is 30.3 Å². The van der Waals surface area contributed by atoms with Crippen LogP contribution in [0.5, 0.6) is 0 Å². The lowest BCUT2D eigenvalue weighted by atomic mass is 10.1. The highest BCUT2D eigenvalue weighted by molar-refractivity contribution is 7.89. The van der Waals surface area contributed by atoms with E-state index in [1.54, 1.807) is 18.3 Å². The van der Waals surface area contributed by atoms with Crippen molar-refractivity contribution in [3.05, 3.63) is 79.0 Å². The number of sulfonamides is 1. The number of rotatable bonds is 6. The van der Waals surface area contributed by atoms with Gasteiger partial charge in [0.1, 0.15) is 0 Å². The number of para-hydroxylation sites is 1. The average molecular weight is 367 g/mol. The molecule has 0 fully saturated rings. The summed E-state index contributed by atoms with van der Waals surface area (Å²) in [5.74, 6) is -0.413. The minimum absolute atomic E-state index is 0.0167. The second kappa shape index (κ2) is 7.47.